The molecule has 0 bridgehead atoms. The summed E-state index contributed by atoms with van der Waals surface area (Å²) < 4.78 is 6.97. The summed E-state index contributed by atoms with van der Waals surface area (Å²) in [7, 11) is 0. The molecule has 2 heterocycles. The number of nitrogens with zero attached hydrogens (tertiary/aromatic N) is 2. The number of aromatic amines is 1. The van der Waals surface area contributed by atoms with E-state index < -0.39 is 11.2 Å². The molecule has 156 valence electrons. The van der Waals surface area contributed by atoms with Gasteiger partial charge in [0.15, 0.2) is 0 Å². The normalized spacial score (nSPS) is 16.2. The first kappa shape index (κ1) is 19.9. The van der Waals surface area contributed by atoms with Gasteiger partial charge in [-0.15, -0.1) is 0 Å². The molecule has 0 spiro atoms. The molecule has 2 aromatic carbocycles. The van der Waals surface area contributed by atoms with Crippen LogP contribution in [0.1, 0.15) is 37.8 Å². The predicted molar refractivity (Wildman–Crippen MR) is 115 cm³/mol. The van der Waals surface area contributed by atoms with Gasteiger partial charge in [0, 0.05) is 19.5 Å². The zero-order valence-electron chi connectivity index (χ0n) is 17.0. The third-order valence-electron chi connectivity index (χ3n) is 5.60. The third-order valence-corrected chi connectivity index (χ3v) is 5.60. The van der Waals surface area contributed by atoms with Crippen molar-refractivity contribution in [2.45, 2.75) is 38.8 Å². The lowest BCUT2D eigenvalue weighted by molar-refractivity contribution is -0.132. The Morgan fingerprint density at radius 3 is 2.67 bits per heavy atom. The van der Waals surface area contributed by atoms with Gasteiger partial charge >= 0.3 is 5.69 Å². The van der Waals surface area contributed by atoms with Gasteiger partial charge in [-0.05, 0) is 49.6 Å². The summed E-state index contributed by atoms with van der Waals surface area (Å²) in [6.45, 7) is 3.49. The van der Waals surface area contributed by atoms with Crippen LogP contribution >= 0.6 is 0 Å². The van der Waals surface area contributed by atoms with Crippen LogP contribution in [0.5, 0.6) is 5.75 Å². The van der Waals surface area contributed by atoms with E-state index in [1.54, 1.807) is 24.3 Å². The predicted octanol–water partition coefficient (Wildman–Crippen LogP) is 2.84. The van der Waals surface area contributed by atoms with Gasteiger partial charge in [-0.2, -0.15) is 0 Å². The lowest BCUT2D eigenvalue weighted by Crippen LogP contribution is -2.34. The minimum atomic E-state index is -0.490. The van der Waals surface area contributed by atoms with Crippen LogP contribution in [0.2, 0.25) is 0 Å². The fourth-order valence-corrected chi connectivity index (χ4v) is 4.18. The molecule has 1 amide bonds. The van der Waals surface area contributed by atoms with Crippen molar-refractivity contribution in [2.75, 3.05) is 13.2 Å². The Labute approximate surface area is 173 Å². The Bertz CT molecular complexity index is 1160. The molecule has 1 saturated heterocycles. The van der Waals surface area contributed by atoms with Crippen molar-refractivity contribution >= 4 is 16.8 Å². The van der Waals surface area contributed by atoms with E-state index in [0.29, 0.717) is 24.1 Å². The average molecular weight is 407 g/mol. The largest absolute Gasteiger partial charge is 0.494 e. The Balaban J connectivity index is 1.51. The topological polar surface area (TPSA) is 84.4 Å². The molecule has 0 saturated carbocycles. The van der Waals surface area contributed by atoms with Crippen molar-refractivity contribution in [3.05, 3.63) is 74.9 Å². The average Bonchev–Trinajstić information content (AvgIpc) is 3.24. The smallest absolute Gasteiger partial charge is 0.328 e. The Kier molecular flexibility index (Phi) is 5.70. The number of aryl methyl sites for hydroxylation is 1. The Hall–Kier alpha value is -3.35. The molecule has 7 heteroatoms. The van der Waals surface area contributed by atoms with Crippen LogP contribution in [0.25, 0.3) is 10.9 Å². The van der Waals surface area contributed by atoms with E-state index in [9.17, 15) is 14.4 Å². The van der Waals surface area contributed by atoms with E-state index in [0.717, 1.165) is 24.2 Å². The molecule has 1 aliphatic heterocycles. The van der Waals surface area contributed by atoms with Crippen molar-refractivity contribution in [1.29, 1.82) is 0 Å². The molecule has 1 fully saturated rings. The van der Waals surface area contributed by atoms with Crippen molar-refractivity contribution in [3.63, 3.8) is 0 Å². The van der Waals surface area contributed by atoms with Crippen molar-refractivity contribution in [2.24, 2.45) is 0 Å². The summed E-state index contributed by atoms with van der Waals surface area (Å²) in [5.74, 6) is 0.829. The number of aromatic nitrogens is 2. The first-order chi connectivity index (χ1) is 14.6. The van der Waals surface area contributed by atoms with Crippen LogP contribution in [0.4, 0.5) is 0 Å². The lowest BCUT2D eigenvalue weighted by atomic mass is 10.0. The first-order valence-electron chi connectivity index (χ1n) is 10.3. The van der Waals surface area contributed by atoms with Gasteiger partial charge in [0.05, 0.1) is 23.6 Å². The number of benzene rings is 2. The number of rotatable bonds is 6. The minimum absolute atomic E-state index is 0.00793. The number of ether oxygens (including phenoxy) is 1. The summed E-state index contributed by atoms with van der Waals surface area (Å²) in [5.41, 5.74) is 0.740. The number of hydrogen-bond donors (Lipinski definition) is 1. The molecule has 1 atom stereocenters. The maximum Gasteiger partial charge on any atom is 0.328 e. The van der Waals surface area contributed by atoms with E-state index >= 15 is 0 Å². The monoisotopic (exact) mass is 407 g/mol. The number of carbonyl (C=O) groups excluding carboxylic acids is 1. The summed E-state index contributed by atoms with van der Waals surface area (Å²) in [5, 5.41) is 0.443. The van der Waals surface area contributed by atoms with E-state index in [4.69, 9.17) is 4.74 Å². The lowest BCUT2D eigenvalue weighted by Gasteiger charge is -2.25. The van der Waals surface area contributed by atoms with Crippen LogP contribution in [-0.2, 0) is 11.3 Å². The molecule has 0 aliphatic carbocycles. The zero-order valence-corrected chi connectivity index (χ0v) is 17.0. The first-order valence-corrected chi connectivity index (χ1v) is 10.3. The van der Waals surface area contributed by atoms with Crippen LogP contribution in [0, 0.1) is 0 Å². The maximum absolute atomic E-state index is 13.0. The quantitative estimate of drug-likeness (QED) is 0.681. The van der Waals surface area contributed by atoms with Crippen molar-refractivity contribution in [3.8, 4) is 5.75 Å². The van der Waals surface area contributed by atoms with Gasteiger partial charge in [-0.25, -0.2) is 4.79 Å². The van der Waals surface area contributed by atoms with Crippen LogP contribution < -0.4 is 16.0 Å². The Morgan fingerprint density at radius 1 is 1.13 bits per heavy atom. The third kappa shape index (κ3) is 3.87. The Morgan fingerprint density at radius 2 is 1.90 bits per heavy atom. The minimum Gasteiger partial charge on any atom is -0.494 e. The van der Waals surface area contributed by atoms with E-state index in [1.165, 1.54) is 4.57 Å². The summed E-state index contributed by atoms with van der Waals surface area (Å²) >= 11 is 0. The van der Waals surface area contributed by atoms with Gasteiger partial charge in [-0.3, -0.25) is 19.1 Å². The van der Waals surface area contributed by atoms with E-state index in [-0.39, 0.29) is 24.9 Å². The maximum atomic E-state index is 13.0. The second-order valence-electron chi connectivity index (χ2n) is 7.43. The zero-order chi connectivity index (χ0) is 21.1. The number of fused-ring (bicyclic) bond motifs is 1. The van der Waals surface area contributed by atoms with Crippen LogP contribution in [0.3, 0.4) is 0 Å². The fraction of sp³-hybridized carbons (Fsp3) is 0.348. The van der Waals surface area contributed by atoms with E-state index in [1.807, 2.05) is 36.1 Å². The molecule has 0 radical (unpaired) electrons. The second-order valence-corrected chi connectivity index (χ2v) is 7.43. The molecule has 1 aliphatic rings. The van der Waals surface area contributed by atoms with Gasteiger partial charge in [0.25, 0.3) is 5.56 Å². The van der Waals surface area contributed by atoms with Crippen molar-refractivity contribution in [1.82, 2.24) is 14.5 Å². The highest BCUT2D eigenvalue weighted by Crippen LogP contribution is 2.33. The molecule has 30 heavy (non-hydrogen) atoms. The fourth-order valence-electron chi connectivity index (χ4n) is 4.18. The second kappa shape index (κ2) is 8.57. The van der Waals surface area contributed by atoms with Crippen LogP contribution in [-0.4, -0.2) is 33.5 Å². The number of hydrogen-bond acceptors (Lipinski definition) is 4. The van der Waals surface area contributed by atoms with Crippen LogP contribution in [0.15, 0.2) is 58.1 Å². The molecule has 3 aromatic rings. The van der Waals surface area contributed by atoms with Gasteiger partial charge in [-0.1, -0.05) is 24.3 Å². The highest BCUT2D eigenvalue weighted by atomic mass is 16.5. The standard InChI is InChI=1S/C23H25N3O4/c1-2-30-17-11-9-16(10-12-17)19-8-5-14-25(19)21(27)13-15-26-20-7-4-3-6-18(20)22(28)24-23(26)29/h3-4,6-7,9-12,19H,2,5,8,13-15H2,1H3,(H,24,28,29). The SMILES string of the molecule is CCOc1ccc(C2CCCN2C(=O)CCn2c(=O)[nH]c(=O)c3ccccc32)cc1. The molecular formula is C23H25N3O4. The molecule has 4 rings (SSSR count). The number of carbonyl (C=O) groups is 1. The number of likely N-dealkylation sites (tertiary alicyclic amines) is 1. The molecule has 1 unspecified atom stereocenters. The van der Waals surface area contributed by atoms with Gasteiger partial charge in [0.2, 0.25) is 5.91 Å². The van der Waals surface area contributed by atoms with Gasteiger partial charge in [0.1, 0.15) is 5.75 Å². The summed E-state index contributed by atoms with van der Waals surface area (Å²) in [4.78, 5) is 41.6. The molecule has 1 N–H and O–H groups in total. The highest BCUT2D eigenvalue weighted by Gasteiger charge is 2.29. The number of amides is 1. The van der Waals surface area contributed by atoms with Gasteiger partial charge < -0.3 is 9.64 Å². The molecule has 7 nitrogen and oxygen atoms in total. The molecular weight excluding hydrogens is 382 g/mol. The summed E-state index contributed by atoms with van der Waals surface area (Å²) in [6.07, 6.45) is 2.07. The number of nitrogens with one attached hydrogen (secondary N) is 1. The number of para-hydroxylation sites is 1. The highest BCUT2D eigenvalue weighted by molar-refractivity contribution is 5.79. The van der Waals surface area contributed by atoms with Crippen molar-refractivity contribution < 1.29 is 9.53 Å². The number of H-pyrrole nitrogens is 1. The van der Waals surface area contributed by atoms with E-state index in [2.05, 4.69) is 4.98 Å². The molecule has 1 aromatic heterocycles. The summed E-state index contributed by atoms with van der Waals surface area (Å²) in [6, 6.07) is 14.9.